The van der Waals surface area contributed by atoms with Crippen molar-refractivity contribution in [3.63, 3.8) is 0 Å². The van der Waals surface area contributed by atoms with Gasteiger partial charge in [0.05, 0.1) is 6.10 Å². The summed E-state index contributed by atoms with van der Waals surface area (Å²) in [5.41, 5.74) is 1.17. The molecule has 0 amide bonds. The van der Waals surface area contributed by atoms with E-state index >= 15 is 0 Å². The van der Waals surface area contributed by atoms with Gasteiger partial charge in [-0.05, 0) is 37.9 Å². The maximum Gasteiger partial charge on any atom is 0.122 e. The van der Waals surface area contributed by atoms with Crippen LogP contribution in [0.5, 0.6) is 5.75 Å². The molecular formula is C14H21NO2. The Labute approximate surface area is 103 Å². The lowest BCUT2D eigenvalue weighted by Crippen LogP contribution is -2.40. The maximum atomic E-state index is 9.56. The first-order valence-corrected chi connectivity index (χ1v) is 6.34. The molecule has 94 valence electrons. The van der Waals surface area contributed by atoms with E-state index in [2.05, 4.69) is 17.9 Å². The van der Waals surface area contributed by atoms with Gasteiger partial charge in [-0.2, -0.15) is 0 Å². The number of piperidine rings is 1. The van der Waals surface area contributed by atoms with Crippen molar-refractivity contribution in [1.29, 1.82) is 0 Å². The number of β-amino-alcohol motifs (C(OH)–C–C–N with tert-alkyl or cyclic N) is 1. The van der Waals surface area contributed by atoms with Crippen LogP contribution in [0.15, 0.2) is 24.3 Å². The molecule has 1 N–H and O–H groups in total. The molecule has 1 aliphatic rings. The van der Waals surface area contributed by atoms with Crippen LogP contribution in [0.1, 0.15) is 18.4 Å². The number of para-hydroxylation sites is 1. The Morgan fingerprint density at radius 1 is 1.41 bits per heavy atom. The van der Waals surface area contributed by atoms with Gasteiger partial charge >= 0.3 is 0 Å². The van der Waals surface area contributed by atoms with E-state index in [1.807, 2.05) is 18.2 Å². The molecule has 3 nitrogen and oxygen atoms in total. The predicted octanol–water partition coefficient (Wildman–Crippen LogP) is 1.83. The van der Waals surface area contributed by atoms with Crippen LogP contribution >= 0.6 is 0 Å². The number of nitrogens with zero attached hydrogens (tertiary/aromatic N) is 1. The molecule has 1 aliphatic heterocycles. The zero-order valence-corrected chi connectivity index (χ0v) is 10.4. The Morgan fingerprint density at radius 3 is 3.00 bits per heavy atom. The van der Waals surface area contributed by atoms with Crippen LogP contribution in [0.3, 0.4) is 0 Å². The second-order valence-electron chi connectivity index (χ2n) is 4.71. The van der Waals surface area contributed by atoms with Crippen molar-refractivity contribution >= 4 is 0 Å². The SMILES string of the molecule is Cc1ccccc1OCCN1CCCC(O)C1. The molecule has 1 unspecified atom stereocenters. The molecule has 1 aromatic rings. The molecule has 1 fully saturated rings. The third kappa shape index (κ3) is 3.72. The summed E-state index contributed by atoms with van der Waals surface area (Å²) in [6, 6.07) is 8.07. The number of aliphatic hydroxyl groups is 1. The van der Waals surface area contributed by atoms with Gasteiger partial charge in [-0.15, -0.1) is 0 Å². The molecule has 1 saturated heterocycles. The number of rotatable bonds is 4. The van der Waals surface area contributed by atoms with Gasteiger partial charge in [-0.1, -0.05) is 18.2 Å². The smallest absolute Gasteiger partial charge is 0.122 e. The monoisotopic (exact) mass is 235 g/mol. The Morgan fingerprint density at radius 2 is 2.24 bits per heavy atom. The Bertz CT molecular complexity index is 354. The summed E-state index contributed by atoms with van der Waals surface area (Å²) < 4.78 is 5.75. The first-order valence-electron chi connectivity index (χ1n) is 6.34. The summed E-state index contributed by atoms with van der Waals surface area (Å²) in [5, 5.41) is 9.56. The summed E-state index contributed by atoms with van der Waals surface area (Å²) >= 11 is 0. The molecule has 1 aromatic carbocycles. The van der Waals surface area contributed by atoms with Gasteiger partial charge in [0, 0.05) is 13.1 Å². The Hall–Kier alpha value is -1.06. The molecule has 1 heterocycles. The van der Waals surface area contributed by atoms with E-state index in [-0.39, 0.29) is 6.10 Å². The van der Waals surface area contributed by atoms with Crippen LogP contribution in [0.4, 0.5) is 0 Å². The lowest BCUT2D eigenvalue weighted by Gasteiger charge is -2.29. The molecule has 0 spiro atoms. The van der Waals surface area contributed by atoms with Gasteiger partial charge in [0.1, 0.15) is 12.4 Å². The van der Waals surface area contributed by atoms with Gasteiger partial charge in [-0.25, -0.2) is 0 Å². The van der Waals surface area contributed by atoms with Crippen molar-refractivity contribution in [3.05, 3.63) is 29.8 Å². The summed E-state index contributed by atoms with van der Waals surface area (Å²) in [5.74, 6) is 0.963. The van der Waals surface area contributed by atoms with Crippen LogP contribution in [-0.4, -0.2) is 42.4 Å². The van der Waals surface area contributed by atoms with Gasteiger partial charge < -0.3 is 9.84 Å². The van der Waals surface area contributed by atoms with Gasteiger partial charge in [-0.3, -0.25) is 4.90 Å². The zero-order valence-electron chi connectivity index (χ0n) is 10.4. The van der Waals surface area contributed by atoms with E-state index in [1.165, 1.54) is 5.56 Å². The fraction of sp³-hybridized carbons (Fsp3) is 0.571. The van der Waals surface area contributed by atoms with Crippen molar-refractivity contribution in [3.8, 4) is 5.75 Å². The minimum absolute atomic E-state index is 0.151. The third-order valence-corrected chi connectivity index (χ3v) is 3.24. The molecule has 1 atom stereocenters. The molecule has 0 aliphatic carbocycles. The Kier molecular flexibility index (Phi) is 4.40. The number of aryl methyl sites for hydroxylation is 1. The van der Waals surface area contributed by atoms with E-state index in [0.717, 1.165) is 38.2 Å². The standard InChI is InChI=1S/C14H21NO2/c1-12-5-2-3-7-14(12)17-10-9-15-8-4-6-13(16)11-15/h2-3,5,7,13,16H,4,6,8-11H2,1H3. The second kappa shape index (κ2) is 6.03. The van der Waals surface area contributed by atoms with Crippen LogP contribution in [0.25, 0.3) is 0 Å². The van der Waals surface area contributed by atoms with Gasteiger partial charge in [0.2, 0.25) is 0 Å². The molecule has 17 heavy (non-hydrogen) atoms. The molecule has 2 rings (SSSR count). The van der Waals surface area contributed by atoms with Crippen LogP contribution < -0.4 is 4.74 Å². The summed E-state index contributed by atoms with van der Waals surface area (Å²) in [7, 11) is 0. The number of ether oxygens (including phenoxy) is 1. The van der Waals surface area contributed by atoms with Crippen molar-refractivity contribution in [2.24, 2.45) is 0 Å². The number of benzene rings is 1. The lowest BCUT2D eigenvalue weighted by atomic mass is 10.1. The Balaban J connectivity index is 1.74. The summed E-state index contributed by atoms with van der Waals surface area (Å²) in [4.78, 5) is 2.27. The maximum absolute atomic E-state index is 9.56. The lowest BCUT2D eigenvalue weighted by molar-refractivity contribution is 0.0632. The average Bonchev–Trinajstić information content (AvgIpc) is 2.32. The average molecular weight is 235 g/mol. The minimum Gasteiger partial charge on any atom is -0.492 e. The van der Waals surface area contributed by atoms with E-state index < -0.39 is 0 Å². The van der Waals surface area contributed by atoms with Crippen molar-refractivity contribution in [1.82, 2.24) is 4.90 Å². The van der Waals surface area contributed by atoms with E-state index in [9.17, 15) is 5.11 Å². The fourth-order valence-corrected chi connectivity index (χ4v) is 2.24. The van der Waals surface area contributed by atoms with E-state index in [1.54, 1.807) is 0 Å². The quantitative estimate of drug-likeness (QED) is 0.864. The molecule has 0 saturated carbocycles. The predicted molar refractivity (Wildman–Crippen MR) is 68.4 cm³/mol. The summed E-state index contributed by atoms with van der Waals surface area (Å²) in [6.45, 7) is 5.51. The first-order chi connectivity index (χ1) is 8.25. The highest BCUT2D eigenvalue weighted by molar-refractivity contribution is 5.31. The largest absolute Gasteiger partial charge is 0.492 e. The molecule has 0 aromatic heterocycles. The van der Waals surface area contributed by atoms with Crippen molar-refractivity contribution in [2.45, 2.75) is 25.9 Å². The highest BCUT2D eigenvalue weighted by Gasteiger charge is 2.16. The van der Waals surface area contributed by atoms with Crippen molar-refractivity contribution < 1.29 is 9.84 Å². The number of hydrogen-bond donors (Lipinski definition) is 1. The van der Waals surface area contributed by atoms with E-state index in [0.29, 0.717) is 6.61 Å². The van der Waals surface area contributed by atoms with Gasteiger partial charge in [0.15, 0.2) is 0 Å². The first kappa shape index (κ1) is 12.4. The molecule has 0 bridgehead atoms. The molecule has 0 radical (unpaired) electrons. The molecule has 3 heteroatoms. The van der Waals surface area contributed by atoms with E-state index in [4.69, 9.17) is 4.74 Å². The topological polar surface area (TPSA) is 32.7 Å². The normalized spacial score (nSPS) is 21.4. The van der Waals surface area contributed by atoms with Crippen molar-refractivity contribution in [2.75, 3.05) is 26.2 Å². The third-order valence-electron chi connectivity index (χ3n) is 3.24. The fourth-order valence-electron chi connectivity index (χ4n) is 2.24. The number of aliphatic hydroxyl groups excluding tert-OH is 1. The summed E-state index contributed by atoms with van der Waals surface area (Å²) in [6.07, 6.45) is 1.88. The van der Waals surface area contributed by atoms with Crippen LogP contribution in [-0.2, 0) is 0 Å². The highest BCUT2D eigenvalue weighted by atomic mass is 16.5. The molecular weight excluding hydrogens is 214 g/mol. The van der Waals surface area contributed by atoms with Gasteiger partial charge in [0.25, 0.3) is 0 Å². The van der Waals surface area contributed by atoms with Crippen LogP contribution in [0, 0.1) is 6.92 Å². The zero-order chi connectivity index (χ0) is 12.1. The second-order valence-corrected chi connectivity index (χ2v) is 4.71. The number of hydrogen-bond acceptors (Lipinski definition) is 3. The highest BCUT2D eigenvalue weighted by Crippen LogP contribution is 2.16. The minimum atomic E-state index is -0.151. The number of likely N-dealkylation sites (tertiary alicyclic amines) is 1. The van der Waals surface area contributed by atoms with Crippen LogP contribution in [0.2, 0.25) is 0 Å².